The quantitative estimate of drug-likeness (QED) is 0.844. The summed E-state index contributed by atoms with van der Waals surface area (Å²) in [6, 6.07) is 16.8. The Morgan fingerprint density at radius 2 is 2.09 bits per heavy atom. The number of nitrogens with one attached hydrogen (secondary N) is 1. The van der Waals surface area contributed by atoms with E-state index in [-0.39, 0.29) is 5.91 Å². The van der Waals surface area contributed by atoms with Crippen molar-refractivity contribution in [1.82, 2.24) is 4.90 Å². The first-order valence-corrected chi connectivity index (χ1v) is 9.12. The van der Waals surface area contributed by atoms with Gasteiger partial charge in [-0.2, -0.15) is 0 Å². The van der Waals surface area contributed by atoms with Crippen LogP contribution < -0.4 is 5.32 Å². The molecule has 1 unspecified atom stereocenters. The van der Waals surface area contributed by atoms with Crippen LogP contribution in [0.3, 0.4) is 0 Å². The Morgan fingerprint density at radius 3 is 2.91 bits per heavy atom. The average Bonchev–Trinajstić information content (AvgIpc) is 2.99. The summed E-state index contributed by atoms with van der Waals surface area (Å²) in [4.78, 5) is 15.6. The summed E-state index contributed by atoms with van der Waals surface area (Å²) in [7, 11) is 2.03. The van der Waals surface area contributed by atoms with Gasteiger partial charge in [0, 0.05) is 16.6 Å². The molecule has 0 radical (unpaired) electrons. The molecular weight excluding hydrogens is 304 g/mol. The van der Waals surface area contributed by atoms with Gasteiger partial charge in [0.15, 0.2) is 0 Å². The number of benzene rings is 2. The molecule has 0 spiro atoms. The van der Waals surface area contributed by atoms with Crippen molar-refractivity contribution in [2.45, 2.75) is 23.8 Å². The first-order valence-electron chi connectivity index (χ1n) is 7.89. The number of rotatable bonds is 5. The van der Waals surface area contributed by atoms with Crippen LogP contribution in [-0.4, -0.2) is 30.7 Å². The lowest BCUT2D eigenvalue weighted by molar-refractivity contribution is -0.117. The molecule has 2 aromatic rings. The number of hydrogen-bond donors (Lipinski definition) is 1. The number of anilines is 1. The highest BCUT2D eigenvalue weighted by molar-refractivity contribution is 7.98. The molecule has 3 rings (SSSR count). The van der Waals surface area contributed by atoms with Crippen LogP contribution >= 0.6 is 11.8 Å². The number of hydrogen-bond acceptors (Lipinski definition) is 3. The van der Waals surface area contributed by atoms with Crippen LogP contribution in [0.1, 0.15) is 23.6 Å². The summed E-state index contributed by atoms with van der Waals surface area (Å²) in [5, 5.41) is 3.00. The molecule has 120 valence electrons. The normalized spacial score (nSPS) is 16.4. The highest BCUT2D eigenvalue weighted by Crippen LogP contribution is 2.34. The van der Waals surface area contributed by atoms with Gasteiger partial charge >= 0.3 is 0 Å². The van der Waals surface area contributed by atoms with Crippen LogP contribution in [0.4, 0.5) is 5.69 Å². The lowest BCUT2D eigenvalue weighted by Crippen LogP contribution is -2.32. The van der Waals surface area contributed by atoms with Gasteiger partial charge in [-0.1, -0.05) is 30.3 Å². The Hall–Kier alpha value is -1.78. The van der Waals surface area contributed by atoms with Crippen LogP contribution in [0.5, 0.6) is 0 Å². The Labute approximate surface area is 142 Å². The van der Waals surface area contributed by atoms with Crippen molar-refractivity contribution in [2.24, 2.45) is 0 Å². The van der Waals surface area contributed by atoms with E-state index in [1.54, 1.807) is 11.8 Å². The highest BCUT2D eigenvalue weighted by atomic mass is 32.2. The van der Waals surface area contributed by atoms with E-state index >= 15 is 0 Å². The van der Waals surface area contributed by atoms with Crippen LogP contribution in [0.15, 0.2) is 53.4 Å². The second-order valence-corrected chi connectivity index (χ2v) is 6.83. The topological polar surface area (TPSA) is 32.3 Å². The standard InChI is InChI=1S/C19H22N2OS/c1-21(18-11-10-14-6-3-4-9-17(14)18)13-19(22)20-15-7-5-8-16(12-15)23-2/h3-9,12,18H,10-11,13H2,1-2H3,(H,20,22). The van der Waals surface area contributed by atoms with Crippen LogP contribution in [0.2, 0.25) is 0 Å². The maximum absolute atomic E-state index is 12.3. The summed E-state index contributed by atoms with van der Waals surface area (Å²) < 4.78 is 0. The van der Waals surface area contributed by atoms with Crippen molar-refractivity contribution in [3.63, 3.8) is 0 Å². The summed E-state index contributed by atoms with van der Waals surface area (Å²) in [5.41, 5.74) is 3.65. The Morgan fingerprint density at radius 1 is 1.26 bits per heavy atom. The molecule has 0 heterocycles. The SMILES string of the molecule is CSc1cccc(NC(=O)CN(C)C2CCc3ccccc32)c1. The summed E-state index contributed by atoms with van der Waals surface area (Å²) in [5.74, 6) is 0.0372. The zero-order valence-corrected chi connectivity index (χ0v) is 14.4. The van der Waals surface area contributed by atoms with Gasteiger partial charge in [0.2, 0.25) is 5.91 Å². The second kappa shape index (κ2) is 7.20. The average molecular weight is 326 g/mol. The van der Waals surface area contributed by atoms with Crippen molar-refractivity contribution in [1.29, 1.82) is 0 Å². The largest absolute Gasteiger partial charge is 0.325 e. The number of carbonyl (C=O) groups excluding carboxylic acids is 1. The number of likely N-dealkylation sites (N-methyl/N-ethyl adjacent to an activating group) is 1. The number of thioether (sulfide) groups is 1. The monoisotopic (exact) mass is 326 g/mol. The minimum absolute atomic E-state index is 0.0372. The fourth-order valence-electron chi connectivity index (χ4n) is 3.23. The highest BCUT2D eigenvalue weighted by Gasteiger charge is 2.26. The van der Waals surface area contributed by atoms with Crippen molar-refractivity contribution in [3.05, 3.63) is 59.7 Å². The number of nitrogens with zero attached hydrogens (tertiary/aromatic N) is 1. The van der Waals surface area contributed by atoms with Crippen molar-refractivity contribution in [2.75, 3.05) is 25.2 Å². The van der Waals surface area contributed by atoms with E-state index < -0.39 is 0 Å². The maximum Gasteiger partial charge on any atom is 0.238 e. The van der Waals surface area contributed by atoms with E-state index in [1.165, 1.54) is 11.1 Å². The van der Waals surface area contributed by atoms with E-state index in [0.717, 1.165) is 23.4 Å². The Bertz CT molecular complexity index is 701. The third-order valence-corrected chi connectivity index (χ3v) is 5.11. The minimum atomic E-state index is 0.0372. The van der Waals surface area contributed by atoms with Gasteiger partial charge in [0.25, 0.3) is 0 Å². The number of amides is 1. The first kappa shape index (κ1) is 16.1. The molecule has 1 amide bonds. The zero-order valence-electron chi connectivity index (χ0n) is 13.6. The van der Waals surface area contributed by atoms with Crippen LogP contribution in [0, 0.1) is 0 Å². The molecule has 0 aromatic heterocycles. The van der Waals surface area contributed by atoms with E-state index in [1.807, 2.05) is 37.6 Å². The van der Waals surface area contributed by atoms with Crippen LogP contribution in [-0.2, 0) is 11.2 Å². The summed E-state index contributed by atoms with van der Waals surface area (Å²) >= 11 is 1.67. The fourth-order valence-corrected chi connectivity index (χ4v) is 3.69. The molecule has 0 bridgehead atoms. The molecule has 0 aliphatic heterocycles. The molecule has 3 nitrogen and oxygen atoms in total. The van der Waals surface area contributed by atoms with Crippen molar-refractivity contribution in [3.8, 4) is 0 Å². The molecule has 1 atom stereocenters. The third-order valence-electron chi connectivity index (χ3n) is 4.38. The van der Waals surface area contributed by atoms with E-state index in [4.69, 9.17) is 0 Å². The van der Waals surface area contributed by atoms with Crippen molar-refractivity contribution < 1.29 is 4.79 Å². The lowest BCUT2D eigenvalue weighted by Gasteiger charge is -2.24. The molecule has 0 fully saturated rings. The van der Waals surface area contributed by atoms with Gasteiger partial charge in [-0.3, -0.25) is 9.69 Å². The fraction of sp³-hybridized carbons (Fsp3) is 0.316. The predicted molar refractivity (Wildman–Crippen MR) is 97.0 cm³/mol. The number of aryl methyl sites for hydroxylation is 1. The van der Waals surface area contributed by atoms with Crippen LogP contribution in [0.25, 0.3) is 0 Å². The summed E-state index contributed by atoms with van der Waals surface area (Å²) in [6.07, 6.45) is 4.22. The third kappa shape index (κ3) is 3.77. The molecule has 1 aliphatic rings. The van der Waals surface area contributed by atoms with E-state index in [0.29, 0.717) is 12.6 Å². The predicted octanol–water partition coefficient (Wildman–Crippen LogP) is 3.97. The van der Waals surface area contributed by atoms with Gasteiger partial charge in [-0.15, -0.1) is 11.8 Å². The summed E-state index contributed by atoms with van der Waals surface area (Å²) in [6.45, 7) is 0.405. The van der Waals surface area contributed by atoms with Gasteiger partial charge in [0.05, 0.1) is 6.54 Å². The minimum Gasteiger partial charge on any atom is -0.325 e. The molecule has 4 heteroatoms. The number of fused-ring (bicyclic) bond motifs is 1. The first-order chi connectivity index (χ1) is 11.2. The zero-order chi connectivity index (χ0) is 16.2. The van der Waals surface area contributed by atoms with Crippen molar-refractivity contribution >= 4 is 23.4 Å². The smallest absolute Gasteiger partial charge is 0.238 e. The molecule has 1 aliphatic carbocycles. The van der Waals surface area contributed by atoms with Gasteiger partial charge in [-0.05, 0) is 55.5 Å². The molecule has 2 aromatic carbocycles. The molecule has 0 saturated carbocycles. The second-order valence-electron chi connectivity index (χ2n) is 5.95. The Kier molecular flexibility index (Phi) is 5.03. The Balaban J connectivity index is 1.62. The molecular formula is C19H22N2OS. The molecule has 23 heavy (non-hydrogen) atoms. The van der Waals surface area contributed by atoms with E-state index in [9.17, 15) is 4.79 Å². The van der Waals surface area contributed by atoms with Gasteiger partial charge in [-0.25, -0.2) is 0 Å². The van der Waals surface area contributed by atoms with E-state index in [2.05, 4.69) is 34.5 Å². The van der Waals surface area contributed by atoms with Gasteiger partial charge in [0.1, 0.15) is 0 Å². The van der Waals surface area contributed by atoms with Gasteiger partial charge < -0.3 is 5.32 Å². The maximum atomic E-state index is 12.3. The molecule has 0 saturated heterocycles. The number of carbonyl (C=O) groups is 1. The molecule has 1 N–H and O–H groups in total. The lowest BCUT2D eigenvalue weighted by atomic mass is 10.1.